The van der Waals surface area contributed by atoms with Crippen LogP contribution >= 0.6 is 0 Å². The van der Waals surface area contributed by atoms with E-state index in [2.05, 4.69) is 0 Å². The lowest BCUT2D eigenvalue weighted by atomic mass is 10.1. The highest BCUT2D eigenvalue weighted by molar-refractivity contribution is 5.47. The minimum atomic E-state index is -4.17. The van der Waals surface area contributed by atoms with Gasteiger partial charge in [-0.1, -0.05) is 12.1 Å². The topological polar surface area (TPSA) is 29.3 Å². The molecule has 1 aromatic carbocycles. The zero-order valence-electron chi connectivity index (χ0n) is 10.9. The summed E-state index contributed by atoms with van der Waals surface area (Å²) in [7, 11) is 0. The zero-order valence-corrected chi connectivity index (χ0v) is 10.9. The number of aryl methyl sites for hydroxylation is 1. The van der Waals surface area contributed by atoms with Crippen molar-refractivity contribution < 1.29 is 13.2 Å². The van der Waals surface area contributed by atoms with E-state index in [0.717, 1.165) is 11.1 Å². The highest BCUT2D eigenvalue weighted by Crippen LogP contribution is 2.21. The molecule has 0 bridgehead atoms. The van der Waals surface area contributed by atoms with Crippen molar-refractivity contribution in [1.29, 1.82) is 0 Å². The fourth-order valence-corrected chi connectivity index (χ4v) is 1.72. The molecular formula is C13H19F3N2. The Morgan fingerprint density at radius 1 is 1.28 bits per heavy atom. The lowest BCUT2D eigenvalue weighted by molar-refractivity contribution is -0.150. The van der Waals surface area contributed by atoms with Gasteiger partial charge >= 0.3 is 6.18 Å². The predicted molar refractivity (Wildman–Crippen MR) is 67.2 cm³/mol. The number of benzene rings is 1. The minimum absolute atomic E-state index is 0.163. The maximum atomic E-state index is 12.5. The van der Waals surface area contributed by atoms with Crippen LogP contribution in [0.25, 0.3) is 0 Å². The monoisotopic (exact) mass is 260 g/mol. The van der Waals surface area contributed by atoms with Gasteiger partial charge in [0.15, 0.2) is 0 Å². The summed E-state index contributed by atoms with van der Waals surface area (Å²) in [6.45, 7) is 4.75. The number of nitrogen functional groups attached to an aromatic ring is 1. The van der Waals surface area contributed by atoms with Crippen LogP contribution in [-0.4, -0.2) is 23.7 Å². The van der Waals surface area contributed by atoms with Gasteiger partial charge in [-0.25, -0.2) is 0 Å². The van der Waals surface area contributed by atoms with Crippen molar-refractivity contribution in [1.82, 2.24) is 4.90 Å². The van der Waals surface area contributed by atoms with Crippen LogP contribution in [0.4, 0.5) is 18.9 Å². The van der Waals surface area contributed by atoms with Gasteiger partial charge in [-0.05, 0) is 38.0 Å². The van der Waals surface area contributed by atoms with E-state index in [-0.39, 0.29) is 12.6 Å². The molecule has 0 heterocycles. The summed E-state index contributed by atoms with van der Waals surface area (Å²) in [4.78, 5) is 1.39. The number of anilines is 1. The van der Waals surface area contributed by atoms with Crippen LogP contribution in [0.1, 0.15) is 25.0 Å². The normalized spacial score (nSPS) is 12.4. The highest BCUT2D eigenvalue weighted by Gasteiger charge is 2.31. The Kier molecular flexibility index (Phi) is 4.62. The second kappa shape index (κ2) is 5.61. The Balaban J connectivity index is 2.80. The van der Waals surface area contributed by atoms with Crippen LogP contribution in [0.15, 0.2) is 18.2 Å². The predicted octanol–water partition coefficient (Wildman–Crippen LogP) is 3.35. The fraction of sp³-hybridized carbons (Fsp3) is 0.538. The van der Waals surface area contributed by atoms with Crippen molar-refractivity contribution in [3.05, 3.63) is 29.3 Å². The summed E-state index contributed by atoms with van der Waals surface area (Å²) in [5.41, 5.74) is 8.08. The molecule has 1 aromatic rings. The zero-order chi connectivity index (χ0) is 13.9. The summed E-state index contributed by atoms with van der Waals surface area (Å²) in [6, 6.07) is 5.18. The van der Waals surface area contributed by atoms with E-state index in [1.165, 1.54) is 4.90 Å². The molecule has 0 aromatic heterocycles. The van der Waals surface area contributed by atoms with Crippen LogP contribution in [0, 0.1) is 6.92 Å². The van der Waals surface area contributed by atoms with Gasteiger partial charge in [0.1, 0.15) is 0 Å². The molecule has 0 saturated carbocycles. The standard InChI is InChI=1S/C13H19F3N2/c1-9(2)18(8-13(14,15)16)7-11-4-5-12(17)10(3)6-11/h4-6,9H,7-8,17H2,1-3H3. The SMILES string of the molecule is Cc1cc(CN(CC(F)(F)F)C(C)C)ccc1N. The number of alkyl halides is 3. The van der Waals surface area contributed by atoms with Crippen LogP contribution in [0.5, 0.6) is 0 Å². The first-order valence-corrected chi connectivity index (χ1v) is 5.85. The van der Waals surface area contributed by atoms with Crippen molar-refractivity contribution in [2.75, 3.05) is 12.3 Å². The summed E-state index contributed by atoms with van der Waals surface area (Å²) >= 11 is 0. The Labute approximate surface area is 106 Å². The van der Waals surface area contributed by atoms with Gasteiger partial charge in [0.05, 0.1) is 6.54 Å². The number of rotatable bonds is 4. The molecule has 0 unspecified atom stereocenters. The van der Waals surface area contributed by atoms with Crippen molar-refractivity contribution in [2.24, 2.45) is 0 Å². The molecule has 0 aliphatic rings. The first kappa shape index (κ1) is 14.8. The molecule has 0 atom stereocenters. The maximum Gasteiger partial charge on any atom is 0.401 e. The molecule has 102 valence electrons. The lowest BCUT2D eigenvalue weighted by Gasteiger charge is -2.27. The van der Waals surface area contributed by atoms with Gasteiger partial charge in [-0.3, -0.25) is 4.90 Å². The summed E-state index contributed by atoms with van der Waals surface area (Å²) in [5.74, 6) is 0. The molecular weight excluding hydrogens is 241 g/mol. The summed E-state index contributed by atoms with van der Waals surface area (Å²) in [5, 5.41) is 0. The maximum absolute atomic E-state index is 12.5. The van der Waals surface area contributed by atoms with Crippen molar-refractivity contribution >= 4 is 5.69 Å². The van der Waals surface area contributed by atoms with Crippen LogP contribution in [0.2, 0.25) is 0 Å². The van der Waals surface area contributed by atoms with E-state index >= 15 is 0 Å². The number of hydrogen-bond acceptors (Lipinski definition) is 2. The van der Waals surface area contributed by atoms with Gasteiger partial charge in [-0.15, -0.1) is 0 Å². The smallest absolute Gasteiger partial charge is 0.399 e. The van der Waals surface area contributed by atoms with Crippen LogP contribution < -0.4 is 5.73 Å². The molecule has 0 aliphatic heterocycles. The molecule has 0 aliphatic carbocycles. The number of hydrogen-bond donors (Lipinski definition) is 1. The molecule has 1 rings (SSSR count). The van der Waals surface area contributed by atoms with E-state index in [0.29, 0.717) is 5.69 Å². The first-order valence-electron chi connectivity index (χ1n) is 5.85. The quantitative estimate of drug-likeness (QED) is 0.841. The van der Waals surface area contributed by atoms with Crippen molar-refractivity contribution in [2.45, 2.75) is 39.5 Å². The minimum Gasteiger partial charge on any atom is -0.399 e. The first-order chi connectivity index (χ1) is 8.19. The molecule has 0 radical (unpaired) electrons. The average Bonchev–Trinajstić information content (AvgIpc) is 2.20. The van der Waals surface area contributed by atoms with Crippen LogP contribution in [-0.2, 0) is 6.54 Å². The summed E-state index contributed by atoms with van der Waals surface area (Å²) in [6.07, 6.45) is -4.17. The number of nitrogens with zero attached hydrogens (tertiary/aromatic N) is 1. The van der Waals surface area contributed by atoms with Crippen molar-refractivity contribution in [3.63, 3.8) is 0 Å². The molecule has 0 fully saturated rings. The van der Waals surface area contributed by atoms with Gasteiger partial charge < -0.3 is 5.73 Å². The lowest BCUT2D eigenvalue weighted by Crippen LogP contribution is -2.38. The molecule has 0 amide bonds. The van der Waals surface area contributed by atoms with Crippen molar-refractivity contribution in [3.8, 4) is 0 Å². The molecule has 5 heteroatoms. The third-order valence-corrected chi connectivity index (χ3v) is 2.83. The van der Waals surface area contributed by atoms with Gasteiger partial charge in [0, 0.05) is 18.3 Å². The molecule has 0 saturated heterocycles. The Bertz CT molecular complexity index is 400. The molecule has 2 nitrogen and oxygen atoms in total. The number of nitrogens with two attached hydrogens (primary N) is 1. The summed E-state index contributed by atoms with van der Waals surface area (Å²) < 4.78 is 37.4. The largest absolute Gasteiger partial charge is 0.401 e. The third-order valence-electron chi connectivity index (χ3n) is 2.83. The average molecular weight is 260 g/mol. The Hall–Kier alpha value is -1.23. The van der Waals surface area contributed by atoms with Gasteiger partial charge in [-0.2, -0.15) is 13.2 Å². The van der Waals surface area contributed by atoms with Crippen LogP contribution in [0.3, 0.4) is 0 Å². The van der Waals surface area contributed by atoms with E-state index in [4.69, 9.17) is 5.73 Å². The Morgan fingerprint density at radius 3 is 2.33 bits per heavy atom. The van der Waals surface area contributed by atoms with E-state index in [1.54, 1.807) is 26.0 Å². The second-order valence-corrected chi connectivity index (χ2v) is 4.80. The van der Waals surface area contributed by atoms with Gasteiger partial charge in [0.25, 0.3) is 0 Å². The third kappa shape index (κ3) is 4.56. The fourth-order valence-electron chi connectivity index (χ4n) is 1.72. The molecule has 2 N–H and O–H groups in total. The van der Waals surface area contributed by atoms with Gasteiger partial charge in [0.2, 0.25) is 0 Å². The molecule has 18 heavy (non-hydrogen) atoms. The Morgan fingerprint density at radius 2 is 1.89 bits per heavy atom. The van der Waals surface area contributed by atoms with E-state index in [1.807, 2.05) is 13.0 Å². The second-order valence-electron chi connectivity index (χ2n) is 4.80. The molecule has 0 spiro atoms. The van der Waals surface area contributed by atoms with E-state index in [9.17, 15) is 13.2 Å². The van der Waals surface area contributed by atoms with E-state index < -0.39 is 12.7 Å². The highest BCUT2D eigenvalue weighted by atomic mass is 19.4. The number of halogens is 3.